The molecule has 15 heavy (non-hydrogen) atoms. The van der Waals surface area contributed by atoms with Gasteiger partial charge in [-0.05, 0) is 20.3 Å². The molecule has 0 saturated carbocycles. The van der Waals surface area contributed by atoms with Crippen LogP contribution in [0.25, 0.3) is 0 Å². The molecule has 0 radical (unpaired) electrons. The SMILES string of the molecule is COC(=O)CC(=O)NCCCOC(C)C. The third-order valence-electron chi connectivity index (χ3n) is 1.63. The van der Waals surface area contributed by atoms with Gasteiger partial charge in [-0.15, -0.1) is 0 Å². The Morgan fingerprint density at radius 3 is 2.53 bits per heavy atom. The van der Waals surface area contributed by atoms with E-state index in [-0.39, 0.29) is 18.4 Å². The maximum atomic E-state index is 11.1. The van der Waals surface area contributed by atoms with Crippen LogP contribution in [-0.4, -0.2) is 38.2 Å². The molecule has 1 amide bonds. The van der Waals surface area contributed by atoms with Gasteiger partial charge in [-0.25, -0.2) is 0 Å². The number of rotatable bonds is 7. The predicted molar refractivity (Wildman–Crippen MR) is 55.3 cm³/mol. The van der Waals surface area contributed by atoms with Crippen molar-refractivity contribution in [3.05, 3.63) is 0 Å². The van der Waals surface area contributed by atoms with Gasteiger partial charge in [0.25, 0.3) is 0 Å². The highest BCUT2D eigenvalue weighted by atomic mass is 16.5. The van der Waals surface area contributed by atoms with E-state index in [2.05, 4.69) is 10.1 Å². The van der Waals surface area contributed by atoms with E-state index in [1.807, 2.05) is 13.8 Å². The largest absolute Gasteiger partial charge is 0.469 e. The molecule has 0 unspecified atom stereocenters. The first-order valence-corrected chi connectivity index (χ1v) is 5.01. The first-order valence-electron chi connectivity index (χ1n) is 5.01. The van der Waals surface area contributed by atoms with Crippen molar-refractivity contribution >= 4 is 11.9 Å². The predicted octanol–water partition coefficient (Wildman–Crippen LogP) is 0.481. The highest BCUT2D eigenvalue weighted by Gasteiger charge is 2.07. The summed E-state index contributed by atoms with van der Waals surface area (Å²) in [4.78, 5) is 21.7. The lowest BCUT2D eigenvalue weighted by Crippen LogP contribution is -2.27. The summed E-state index contributed by atoms with van der Waals surface area (Å²) >= 11 is 0. The van der Waals surface area contributed by atoms with Gasteiger partial charge in [0.05, 0.1) is 13.2 Å². The van der Waals surface area contributed by atoms with Gasteiger partial charge < -0.3 is 14.8 Å². The van der Waals surface area contributed by atoms with E-state index >= 15 is 0 Å². The molecule has 0 fully saturated rings. The van der Waals surface area contributed by atoms with E-state index in [1.165, 1.54) is 7.11 Å². The number of ether oxygens (including phenoxy) is 2. The fourth-order valence-corrected chi connectivity index (χ4v) is 0.885. The van der Waals surface area contributed by atoms with Gasteiger partial charge in [-0.1, -0.05) is 0 Å². The van der Waals surface area contributed by atoms with Crippen LogP contribution in [0, 0.1) is 0 Å². The summed E-state index contributed by atoms with van der Waals surface area (Å²) in [7, 11) is 1.26. The lowest BCUT2D eigenvalue weighted by Gasteiger charge is -2.07. The van der Waals surface area contributed by atoms with Crippen molar-refractivity contribution in [2.45, 2.75) is 32.8 Å². The van der Waals surface area contributed by atoms with Crippen molar-refractivity contribution in [2.75, 3.05) is 20.3 Å². The van der Waals surface area contributed by atoms with Crippen LogP contribution in [0.3, 0.4) is 0 Å². The number of carbonyl (C=O) groups excluding carboxylic acids is 2. The molecule has 0 atom stereocenters. The number of hydrogen-bond donors (Lipinski definition) is 1. The van der Waals surface area contributed by atoms with Gasteiger partial charge in [0, 0.05) is 13.2 Å². The molecule has 1 N–H and O–H groups in total. The fourth-order valence-electron chi connectivity index (χ4n) is 0.885. The topological polar surface area (TPSA) is 64.6 Å². The average molecular weight is 217 g/mol. The van der Waals surface area contributed by atoms with E-state index < -0.39 is 5.97 Å². The van der Waals surface area contributed by atoms with E-state index in [9.17, 15) is 9.59 Å². The lowest BCUT2D eigenvalue weighted by molar-refractivity contribution is -0.143. The van der Waals surface area contributed by atoms with Crippen LogP contribution in [0.4, 0.5) is 0 Å². The fraction of sp³-hybridized carbons (Fsp3) is 0.800. The third-order valence-corrected chi connectivity index (χ3v) is 1.63. The number of nitrogens with one attached hydrogen (secondary N) is 1. The minimum atomic E-state index is -0.522. The molecule has 0 aliphatic carbocycles. The van der Waals surface area contributed by atoms with Gasteiger partial charge in [0.2, 0.25) is 5.91 Å². The second-order valence-corrected chi connectivity index (χ2v) is 3.38. The molecule has 0 bridgehead atoms. The van der Waals surface area contributed by atoms with E-state index in [0.717, 1.165) is 6.42 Å². The number of amides is 1. The molecule has 0 heterocycles. The van der Waals surface area contributed by atoms with Crippen LogP contribution in [0.5, 0.6) is 0 Å². The van der Waals surface area contributed by atoms with Crippen molar-refractivity contribution in [1.29, 1.82) is 0 Å². The van der Waals surface area contributed by atoms with E-state index in [4.69, 9.17) is 4.74 Å². The van der Waals surface area contributed by atoms with Crippen molar-refractivity contribution in [3.8, 4) is 0 Å². The van der Waals surface area contributed by atoms with Crippen LogP contribution >= 0.6 is 0 Å². The first kappa shape index (κ1) is 13.9. The monoisotopic (exact) mass is 217 g/mol. The highest BCUT2D eigenvalue weighted by molar-refractivity contribution is 5.94. The van der Waals surface area contributed by atoms with Gasteiger partial charge in [-0.3, -0.25) is 9.59 Å². The van der Waals surface area contributed by atoms with Crippen LogP contribution in [-0.2, 0) is 19.1 Å². The minimum absolute atomic E-state index is 0.204. The average Bonchev–Trinajstić information content (AvgIpc) is 2.16. The maximum Gasteiger partial charge on any atom is 0.315 e. The summed E-state index contributed by atoms with van der Waals surface area (Å²) in [5.74, 6) is -0.836. The number of carbonyl (C=O) groups is 2. The summed E-state index contributed by atoms with van der Waals surface area (Å²) in [6.45, 7) is 5.03. The van der Waals surface area contributed by atoms with Crippen LogP contribution in [0.15, 0.2) is 0 Å². The number of methoxy groups -OCH3 is 1. The molecule has 0 rings (SSSR count). The van der Waals surface area contributed by atoms with Crippen LogP contribution in [0.1, 0.15) is 26.7 Å². The second kappa shape index (κ2) is 8.23. The van der Waals surface area contributed by atoms with Gasteiger partial charge in [0.15, 0.2) is 0 Å². The van der Waals surface area contributed by atoms with Crippen molar-refractivity contribution in [2.24, 2.45) is 0 Å². The summed E-state index contributed by atoms with van der Waals surface area (Å²) < 4.78 is 9.64. The smallest absolute Gasteiger partial charge is 0.315 e. The van der Waals surface area contributed by atoms with Gasteiger partial charge in [0.1, 0.15) is 6.42 Å². The number of hydrogen-bond acceptors (Lipinski definition) is 4. The Morgan fingerprint density at radius 2 is 2.00 bits per heavy atom. The summed E-state index contributed by atoms with van der Waals surface area (Å²) in [5.41, 5.74) is 0. The van der Waals surface area contributed by atoms with Crippen molar-refractivity contribution < 1.29 is 19.1 Å². The molecule has 0 aliphatic heterocycles. The van der Waals surface area contributed by atoms with Crippen molar-refractivity contribution in [3.63, 3.8) is 0 Å². The molecule has 0 aliphatic rings. The first-order chi connectivity index (χ1) is 7.06. The zero-order valence-electron chi connectivity index (χ0n) is 9.54. The molecule has 0 spiro atoms. The third kappa shape index (κ3) is 9.21. The molecule has 5 nitrogen and oxygen atoms in total. The number of esters is 1. The van der Waals surface area contributed by atoms with Gasteiger partial charge in [-0.2, -0.15) is 0 Å². The highest BCUT2D eigenvalue weighted by Crippen LogP contribution is 1.90. The Kier molecular flexibility index (Phi) is 7.62. The molecule has 0 saturated heterocycles. The summed E-state index contributed by atoms with van der Waals surface area (Å²) in [6, 6.07) is 0. The maximum absolute atomic E-state index is 11.1. The molecule has 88 valence electrons. The Labute approximate surface area is 90.1 Å². The molecule has 0 aromatic heterocycles. The Morgan fingerprint density at radius 1 is 1.33 bits per heavy atom. The van der Waals surface area contributed by atoms with Crippen LogP contribution in [0.2, 0.25) is 0 Å². The zero-order valence-corrected chi connectivity index (χ0v) is 9.54. The van der Waals surface area contributed by atoms with Crippen LogP contribution < -0.4 is 5.32 Å². The molecular formula is C10H19NO4. The van der Waals surface area contributed by atoms with E-state index in [0.29, 0.717) is 13.2 Å². The summed E-state index contributed by atoms with van der Waals surface area (Å²) in [5, 5.41) is 2.60. The molecule has 5 heteroatoms. The summed E-state index contributed by atoms with van der Waals surface area (Å²) in [6.07, 6.45) is 0.725. The van der Waals surface area contributed by atoms with E-state index in [1.54, 1.807) is 0 Å². The minimum Gasteiger partial charge on any atom is -0.469 e. The second-order valence-electron chi connectivity index (χ2n) is 3.38. The Balaban J connectivity index is 3.35. The normalized spacial score (nSPS) is 10.1. The zero-order chi connectivity index (χ0) is 11.7. The Bertz CT molecular complexity index is 204. The Hall–Kier alpha value is -1.10. The van der Waals surface area contributed by atoms with Crippen molar-refractivity contribution in [1.82, 2.24) is 5.32 Å². The standard InChI is InChI=1S/C10H19NO4/c1-8(2)15-6-4-5-11-9(12)7-10(13)14-3/h8H,4-7H2,1-3H3,(H,11,12). The van der Waals surface area contributed by atoms with Gasteiger partial charge >= 0.3 is 5.97 Å². The lowest BCUT2D eigenvalue weighted by atomic mass is 10.3. The molecular weight excluding hydrogens is 198 g/mol. The molecule has 0 aromatic rings. The molecule has 0 aromatic carbocycles. The quantitative estimate of drug-likeness (QED) is 0.383.